The van der Waals surface area contributed by atoms with Crippen LogP contribution in [0.2, 0.25) is 0 Å². The molecule has 0 aliphatic rings. The molecule has 2 nitrogen and oxygen atoms in total. The summed E-state index contributed by atoms with van der Waals surface area (Å²) in [5, 5.41) is 0. The molecule has 0 radical (unpaired) electrons. The Hall–Kier alpha value is -0.860. The molecule has 0 saturated heterocycles. The summed E-state index contributed by atoms with van der Waals surface area (Å²) < 4.78 is 0. The fourth-order valence-corrected chi connectivity index (χ4v) is 2.33. The Bertz CT molecular complexity index is 284. The molecule has 17 heavy (non-hydrogen) atoms. The number of hydrogen-bond donors (Lipinski definition) is 1. The molecule has 0 aliphatic heterocycles. The van der Waals surface area contributed by atoms with E-state index in [-0.39, 0.29) is 0 Å². The van der Waals surface area contributed by atoms with Gasteiger partial charge in [-0.15, -0.1) is 0 Å². The first kappa shape index (κ1) is 14.2. The Balaban J connectivity index is 2.64. The summed E-state index contributed by atoms with van der Waals surface area (Å²) in [6.45, 7) is 7.50. The second-order valence-electron chi connectivity index (χ2n) is 4.60. The normalized spacial score (nSPS) is 12.9. The van der Waals surface area contributed by atoms with Gasteiger partial charge in [0.25, 0.3) is 0 Å². The monoisotopic (exact) mass is 234 g/mol. The van der Waals surface area contributed by atoms with Crippen molar-refractivity contribution >= 4 is 0 Å². The maximum absolute atomic E-state index is 5.71. The number of rotatable bonds is 8. The van der Waals surface area contributed by atoms with E-state index in [1.54, 1.807) is 0 Å². The van der Waals surface area contributed by atoms with Crippen molar-refractivity contribution < 1.29 is 0 Å². The molecule has 2 heteroatoms. The van der Waals surface area contributed by atoms with Gasteiger partial charge in [0.15, 0.2) is 0 Å². The lowest BCUT2D eigenvalue weighted by Gasteiger charge is -2.30. The van der Waals surface area contributed by atoms with Gasteiger partial charge in [0.05, 0.1) is 0 Å². The standard InChI is InChI=1S/C15H26N2/c1-3-12-17(15(4-2)10-11-16)13-14-8-6-5-7-9-14/h5-9,15H,3-4,10-13,16H2,1-2H3. The van der Waals surface area contributed by atoms with Gasteiger partial charge < -0.3 is 5.73 Å². The summed E-state index contributed by atoms with van der Waals surface area (Å²) in [4.78, 5) is 2.57. The van der Waals surface area contributed by atoms with Crippen molar-refractivity contribution in [3.05, 3.63) is 35.9 Å². The first-order valence-corrected chi connectivity index (χ1v) is 6.79. The largest absolute Gasteiger partial charge is 0.330 e. The molecular weight excluding hydrogens is 208 g/mol. The van der Waals surface area contributed by atoms with Crippen LogP contribution >= 0.6 is 0 Å². The summed E-state index contributed by atoms with van der Waals surface area (Å²) in [6, 6.07) is 11.3. The lowest BCUT2D eigenvalue weighted by molar-refractivity contribution is 0.175. The molecule has 1 aromatic carbocycles. The van der Waals surface area contributed by atoms with Crippen LogP contribution in [0.15, 0.2) is 30.3 Å². The summed E-state index contributed by atoms with van der Waals surface area (Å²) in [7, 11) is 0. The van der Waals surface area contributed by atoms with Crippen LogP contribution in [0.25, 0.3) is 0 Å². The van der Waals surface area contributed by atoms with E-state index in [9.17, 15) is 0 Å². The van der Waals surface area contributed by atoms with Gasteiger partial charge in [0.1, 0.15) is 0 Å². The average Bonchev–Trinajstić information content (AvgIpc) is 2.37. The van der Waals surface area contributed by atoms with Gasteiger partial charge in [-0.05, 0) is 37.9 Å². The van der Waals surface area contributed by atoms with Gasteiger partial charge in [-0.25, -0.2) is 0 Å². The van der Waals surface area contributed by atoms with Crippen molar-refractivity contribution in [3.8, 4) is 0 Å². The quantitative estimate of drug-likeness (QED) is 0.749. The van der Waals surface area contributed by atoms with Crippen LogP contribution in [0.4, 0.5) is 0 Å². The van der Waals surface area contributed by atoms with E-state index in [2.05, 4.69) is 49.1 Å². The molecule has 1 aromatic rings. The van der Waals surface area contributed by atoms with E-state index >= 15 is 0 Å². The van der Waals surface area contributed by atoms with Crippen molar-refractivity contribution in [2.24, 2.45) is 5.73 Å². The Morgan fingerprint density at radius 1 is 1.18 bits per heavy atom. The lowest BCUT2D eigenvalue weighted by Crippen LogP contribution is -2.36. The maximum Gasteiger partial charge on any atom is 0.0236 e. The zero-order valence-corrected chi connectivity index (χ0v) is 11.2. The number of hydrogen-bond acceptors (Lipinski definition) is 2. The zero-order valence-electron chi connectivity index (χ0n) is 11.2. The van der Waals surface area contributed by atoms with Crippen molar-refractivity contribution in [2.75, 3.05) is 13.1 Å². The second kappa shape index (κ2) is 8.26. The highest BCUT2D eigenvalue weighted by atomic mass is 15.1. The van der Waals surface area contributed by atoms with Crippen molar-refractivity contribution in [3.63, 3.8) is 0 Å². The second-order valence-corrected chi connectivity index (χ2v) is 4.60. The first-order chi connectivity index (χ1) is 8.31. The number of benzene rings is 1. The predicted octanol–water partition coefficient (Wildman–Crippen LogP) is 3.03. The molecule has 1 unspecified atom stereocenters. The topological polar surface area (TPSA) is 29.3 Å². The number of nitrogens with two attached hydrogens (primary N) is 1. The third kappa shape index (κ3) is 4.88. The molecular formula is C15H26N2. The highest BCUT2D eigenvalue weighted by Crippen LogP contribution is 2.13. The molecule has 0 aliphatic carbocycles. The molecule has 0 fully saturated rings. The highest BCUT2D eigenvalue weighted by molar-refractivity contribution is 5.14. The fraction of sp³-hybridized carbons (Fsp3) is 0.600. The van der Waals surface area contributed by atoms with E-state index in [4.69, 9.17) is 5.73 Å². The van der Waals surface area contributed by atoms with E-state index in [1.807, 2.05) is 0 Å². The Morgan fingerprint density at radius 3 is 2.41 bits per heavy atom. The van der Waals surface area contributed by atoms with Crippen molar-refractivity contribution in [2.45, 2.75) is 45.7 Å². The van der Waals surface area contributed by atoms with Crippen LogP contribution in [0.3, 0.4) is 0 Å². The van der Waals surface area contributed by atoms with Crippen LogP contribution in [-0.2, 0) is 6.54 Å². The smallest absolute Gasteiger partial charge is 0.0236 e. The van der Waals surface area contributed by atoms with Gasteiger partial charge in [-0.2, -0.15) is 0 Å². The minimum Gasteiger partial charge on any atom is -0.330 e. The summed E-state index contributed by atoms with van der Waals surface area (Å²) >= 11 is 0. The summed E-state index contributed by atoms with van der Waals surface area (Å²) in [6.07, 6.45) is 3.49. The predicted molar refractivity (Wildman–Crippen MR) is 74.9 cm³/mol. The van der Waals surface area contributed by atoms with Gasteiger partial charge >= 0.3 is 0 Å². The van der Waals surface area contributed by atoms with Gasteiger partial charge in [0.2, 0.25) is 0 Å². The third-order valence-corrected chi connectivity index (χ3v) is 3.23. The molecule has 1 rings (SSSR count). The SMILES string of the molecule is CCCN(Cc1ccccc1)C(CC)CCN. The third-order valence-electron chi connectivity index (χ3n) is 3.23. The minimum atomic E-state index is 0.625. The molecule has 0 amide bonds. The minimum absolute atomic E-state index is 0.625. The van der Waals surface area contributed by atoms with E-state index < -0.39 is 0 Å². The molecule has 0 heterocycles. The number of nitrogens with zero attached hydrogens (tertiary/aromatic N) is 1. The summed E-state index contributed by atoms with van der Waals surface area (Å²) in [5.74, 6) is 0. The average molecular weight is 234 g/mol. The van der Waals surface area contributed by atoms with E-state index in [1.165, 1.54) is 18.4 Å². The maximum atomic E-state index is 5.71. The zero-order chi connectivity index (χ0) is 12.5. The molecule has 2 N–H and O–H groups in total. The Morgan fingerprint density at radius 2 is 1.88 bits per heavy atom. The van der Waals surface area contributed by atoms with Crippen LogP contribution in [-0.4, -0.2) is 24.0 Å². The van der Waals surface area contributed by atoms with Crippen molar-refractivity contribution in [1.82, 2.24) is 4.90 Å². The van der Waals surface area contributed by atoms with Crippen LogP contribution < -0.4 is 5.73 Å². The molecule has 0 bridgehead atoms. The molecule has 0 aromatic heterocycles. The van der Waals surface area contributed by atoms with Gasteiger partial charge in [-0.1, -0.05) is 44.2 Å². The van der Waals surface area contributed by atoms with Crippen LogP contribution in [0.1, 0.15) is 38.7 Å². The van der Waals surface area contributed by atoms with E-state index in [0.29, 0.717) is 6.04 Å². The Labute approximate surface area is 106 Å². The molecule has 0 spiro atoms. The van der Waals surface area contributed by atoms with Crippen LogP contribution in [0.5, 0.6) is 0 Å². The lowest BCUT2D eigenvalue weighted by atomic mass is 10.1. The first-order valence-electron chi connectivity index (χ1n) is 6.79. The van der Waals surface area contributed by atoms with Gasteiger partial charge in [0, 0.05) is 12.6 Å². The van der Waals surface area contributed by atoms with Gasteiger partial charge in [-0.3, -0.25) is 4.90 Å². The summed E-state index contributed by atoms with van der Waals surface area (Å²) in [5.41, 5.74) is 7.11. The fourth-order valence-electron chi connectivity index (χ4n) is 2.33. The highest BCUT2D eigenvalue weighted by Gasteiger charge is 2.15. The van der Waals surface area contributed by atoms with E-state index in [0.717, 1.165) is 26.1 Å². The molecule has 96 valence electrons. The molecule has 1 atom stereocenters. The van der Waals surface area contributed by atoms with Crippen molar-refractivity contribution in [1.29, 1.82) is 0 Å². The van der Waals surface area contributed by atoms with Crippen LogP contribution in [0, 0.1) is 0 Å². The molecule has 0 saturated carbocycles. The Kier molecular flexibility index (Phi) is 6.90.